The Morgan fingerprint density at radius 2 is 2.00 bits per heavy atom. The van der Waals surface area contributed by atoms with Gasteiger partial charge in [0.05, 0.1) is 0 Å². The van der Waals surface area contributed by atoms with Gasteiger partial charge in [-0.1, -0.05) is 30.3 Å². The van der Waals surface area contributed by atoms with Gasteiger partial charge < -0.3 is 5.73 Å². The van der Waals surface area contributed by atoms with Crippen molar-refractivity contribution < 1.29 is 4.79 Å². The van der Waals surface area contributed by atoms with E-state index in [0.717, 1.165) is 6.42 Å². The van der Waals surface area contributed by atoms with Gasteiger partial charge in [0.15, 0.2) is 0 Å². The summed E-state index contributed by atoms with van der Waals surface area (Å²) in [5, 5.41) is 0. The summed E-state index contributed by atoms with van der Waals surface area (Å²) >= 11 is 0. The molecule has 1 saturated carbocycles. The first-order valence-corrected chi connectivity index (χ1v) is 4.13. The van der Waals surface area contributed by atoms with Crippen LogP contribution in [0, 0.1) is 5.92 Å². The normalized spacial score (nSPS) is 26.7. The Kier molecular flexibility index (Phi) is 1.61. The van der Waals surface area contributed by atoms with Crippen molar-refractivity contribution in [3.05, 3.63) is 35.9 Å². The predicted octanol–water partition coefficient (Wildman–Crippen LogP) is 1.28. The smallest absolute Gasteiger partial charge is 0.221 e. The van der Waals surface area contributed by atoms with Crippen LogP contribution >= 0.6 is 0 Å². The Bertz CT molecular complexity index is 294. The number of hydrogen-bond donors (Lipinski definition) is 1. The van der Waals surface area contributed by atoms with E-state index in [4.69, 9.17) is 5.73 Å². The van der Waals surface area contributed by atoms with Crippen LogP contribution in [0.1, 0.15) is 17.9 Å². The molecule has 2 unspecified atom stereocenters. The van der Waals surface area contributed by atoms with E-state index >= 15 is 0 Å². The lowest BCUT2D eigenvalue weighted by atomic mass is 10.1. The minimum Gasteiger partial charge on any atom is -0.369 e. The third-order valence-corrected chi connectivity index (χ3v) is 2.38. The standard InChI is InChI=1S/C10H11NO/c11-10(12)9-6-8(9)7-4-2-1-3-5-7/h1-5,8-9H,6H2,(H2,11,12). The molecule has 2 N–H and O–H groups in total. The fourth-order valence-corrected chi connectivity index (χ4v) is 1.58. The Balaban J connectivity index is 2.11. The van der Waals surface area contributed by atoms with Crippen LogP contribution in [-0.4, -0.2) is 5.91 Å². The number of nitrogens with two attached hydrogens (primary N) is 1. The second-order valence-electron chi connectivity index (χ2n) is 3.26. The highest BCUT2D eigenvalue weighted by molar-refractivity contribution is 5.81. The molecule has 1 aliphatic rings. The third kappa shape index (κ3) is 1.20. The van der Waals surface area contributed by atoms with Crippen molar-refractivity contribution in [1.82, 2.24) is 0 Å². The molecule has 0 bridgehead atoms. The number of hydrogen-bond acceptors (Lipinski definition) is 1. The van der Waals surface area contributed by atoms with Crippen molar-refractivity contribution in [2.24, 2.45) is 11.7 Å². The van der Waals surface area contributed by atoms with Gasteiger partial charge in [0.2, 0.25) is 5.91 Å². The lowest BCUT2D eigenvalue weighted by Gasteiger charge is -1.95. The van der Waals surface area contributed by atoms with Crippen LogP contribution in [0.2, 0.25) is 0 Å². The highest BCUT2D eigenvalue weighted by atomic mass is 16.1. The highest BCUT2D eigenvalue weighted by Crippen LogP contribution is 2.46. The van der Waals surface area contributed by atoms with Crippen molar-refractivity contribution in [2.45, 2.75) is 12.3 Å². The summed E-state index contributed by atoms with van der Waals surface area (Å²) in [5.41, 5.74) is 6.42. The summed E-state index contributed by atoms with van der Waals surface area (Å²) in [4.78, 5) is 10.8. The molecule has 1 fully saturated rings. The van der Waals surface area contributed by atoms with Crippen LogP contribution in [0.25, 0.3) is 0 Å². The average molecular weight is 161 g/mol. The Morgan fingerprint density at radius 1 is 1.33 bits per heavy atom. The minimum absolute atomic E-state index is 0.0902. The molecule has 2 rings (SSSR count). The molecule has 0 spiro atoms. The zero-order chi connectivity index (χ0) is 8.55. The molecule has 2 nitrogen and oxygen atoms in total. The van der Waals surface area contributed by atoms with Gasteiger partial charge in [0.25, 0.3) is 0 Å². The maximum atomic E-state index is 10.8. The fraction of sp³-hybridized carbons (Fsp3) is 0.300. The zero-order valence-electron chi connectivity index (χ0n) is 6.73. The van der Waals surface area contributed by atoms with Crippen LogP contribution in [0.4, 0.5) is 0 Å². The first-order chi connectivity index (χ1) is 5.79. The molecule has 1 aromatic carbocycles. The number of amides is 1. The van der Waals surface area contributed by atoms with Crippen molar-refractivity contribution in [3.63, 3.8) is 0 Å². The molecule has 0 aliphatic heterocycles. The number of primary amides is 1. The van der Waals surface area contributed by atoms with Gasteiger partial charge >= 0.3 is 0 Å². The maximum Gasteiger partial charge on any atom is 0.221 e. The van der Waals surface area contributed by atoms with E-state index in [-0.39, 0.29) is 11.8 Å². The Labute approximate surface area is 71.4 Å². The van der Waals surface area contributed by atoms with Gasteiger partial charge in [-0.25, -0.2) is 0 Å². The van der Waals surface area contributed by atoms with Gasteiger partial charge in [-0.2, -0.15) is 0 Å². The molecule has 12 heavy (non-hydrogen) atoms. The molecule has 1 aromatic rings. The minimum atomic E-state index is -0.163. The number of rotatable bonds is 2. The van der Waals surface area contributed by atoms with E-state index in [1.54, 1.807) is 0 Å². The van der Waals surface area contributed by atoms with Crippen LogP contribution in [0.3, 0.4) is 0 Å². The van der Waals surface area contributed by atoms with Crippen LogP contribution in [-0.2, 0) is 4.79 Å². The molecule has 1 amide bonds. The molecule has 2 atom stereocenters. The summed E-state index contributed by atoms with van der Waals surface area (Å²) < 4.78 is 0. The number of carbonyl (C=O) groups excluding carboxylic acids is 1. The van der Waals surface area contributed by atoms with Crippen molar-refractivity contribution >= 4 is 5.91 Å². The first kappa shape index (κ1) is 7.35. The van der Waals surface area contributed by atoms with Gasteiger partial charge in [-0.15, -0.1) is 0 Å². The molecule has 0 radical (unpaired) electrons. The van der Waals surface area contributed by atoms with Gasteiger partial charge in [0.1, 0.15) is 0 Å². The summed E-state index contributed by atoms with van der Waals surface area (Å²) in [6.07, 6.45) is 0.930. The quantitative estimate of drug-likeness (QED) is 0.697. The molecule has 0 aromatic heterocycles. The summed E-state index contributed by atoms with van der Waals surface area (Å²) in [6.45, 7) is 0. The van der Waals surface area contributed by atoms with Crippen LogP contribution in [0.15, 0.2) is 30.3 Å². The maximum absolute atomic E-state index is 10.8. The lowest BCUT2D eigenvalue weighted by molar-refractivity contribution is -0.119. The van der Waals surface area contributed by atoms with Crippen molar-refractivity contribution in [3.8, 4) is 0 Å². The van der Waals surface area contributed by atoms with E-state index in [1.165, 1.54) is 5.56 Å². The zero-order valence-corrected chi connectivity index (χ0v) is 6.73. The van der Waals surface area contributed by atoms with E-state index in [0.29, 0.717) is 5.92 Å². The van der Waals surface area contributed by atoms with E-state index in [2.05, 4.69) is 0 Å². The highest BCUT2D eigenvalue weighted by Gasteiger charge is 2.42. The van der Waals surface area contributed by atoms with Gasteiger partial charge in [0, 0.05) is 5.92 Å². The molecule has 1 aliphatic carbocycles. The largest absolute Gasteiger partial charge is 0.369 e. The van der Waals surface area contributed by atoms with Crippen LogP contribution < -0.4 is 5.73 Å². The SMILES string of the molecule is NC(=O)C1CC1c1ccccc1. The van der Waals surface area contributed by atoms with E-state index < -0.39 is 0 Å². The molecular formula is C10H11NO. The van der Waals surface area contributed by atoms with E-state index in [1.807, 2.05) is 30.3 Å². The lowest BCUT2D eigenvalue weighted by Crippen LogP contribution is -2.13. The first-order valence-electron chi connectivity index (χ1n) is 4.13. The number of benzene rings is 1. The molecule has 0 saturated heterocycles. The summed E-state index contributed by atoms with van der Waals surface area (Å²) in [6, 6.07) is 10.1. The average Bonchev–Trinajstić information content (AvgIpc) is 2.84. The van der Waals surface area contributed by atoms with Gasteiger partial charge in [-0.3, -0.25) is 4.79 Å². The third-order valence-electron chi connectivity index (χ3n) is 2.38. The molecular weight excluding hydrogens is 150 g/mol. The van der Waals surface area contributed by atoms with Crippen molar-refractivity contribution in [1.29, 1.82) is 0 Å². The Hall–Kier alpha value is -1.31. The second kappa shape index (κ2) is 2.63. The second-order valence-corrected chi connectivity index (χ2v) is 3.26. The monoisotopic (exact) mass is 161 g/mol. The summed E-state index contributed by atoms with van der Waals surface area (Å²) in [5.74, 6) is 0.319. The summed E-state index contributed by atoms with van der Waals surface area (Å²) in [7, 11) is 0. The Morgan fingerprint density at radius 3 is 2.50 bits per heavy atom. The topological polar surface area (TPSA) is 43.1 Å². The molecule has 0 heterocycles. The molecule has 62 valence electrons. The van der Waals surface area contributed by atoms with E-state index in [9.17, 15) is 4.79 Å². The predicted molar refractivity (Wildman–Crippen MR) is 46.5 cm³/mol. The van der Waals surface area contributed by atoms with Crippen molar-refractivity contribution in [2.75, 3.05) is 0 Å². The van der Waals surface area contributed by atoms with Crippen LogP contribution in [0.5, 0.6) is 0 Å². The van der Waals surface area contributed by atoms with Gasteiger partial charge in [-0.05, 0) is 17.9 Å². The fourth-order valence-electron chi connectivity index (χ4n) is 1.58. The molecule has 2 heteroatoms. The number of carbonyl (C=O) groups is 1.